The van der Waals surface area contributed by atoms with Crippen LogP contribution in [0.2, 0.25) is 0 Å². The third kappa shape index (κ3) is 4.64. The Bertz CT molecular complexity index is 1500. The summed E-state index contributed by atoms with van der Waals surface area (Å²) in [6.45, 7) is 3.58. The predicted octanol–water partition coefficient (Wildman–Crippen LogP) is 4.18. The number of aryl methyl sites for hydroxylation is 1. The van der Waals surface area contributed by atoms with E-state index in [9.17, 15) is 17.6 Å². The summed E-state index contributed by atoms with van der Waals surface area (Å²) in [5.74, 6) is -0.128. The molecule has 0 bridgehead atoms. The number of anilines is 1. The molecule has 1 aromatic heterocycles. The van der Waals surface area contributed by atoms with Gasteiger partial charge in [-0.1, -0.05) is 48.0 Å². The van der Waals surface area contributed by atoms with E-state index in [2.05, 4.69) is 5.10 Å². The SMILES string of the molecule is Cc1ccc(S(=O)(=O)n2nc(N3CCN(C(=O)OCc4ccccc4)CC3)c3cc(F)ccc32)cc1. The number of ether oxygens (including phenoxy) is 1. The zero-order chi connectivity index (χ0) is 25.3. The summed E-state index contributed by atoms with van der Waals surface area (Å²) >= 11 is 0. The fourth-order valence-electron chi connectivity index (χ4n) is 4.19. The molecule has 0 radical (unpaired) electrons. The maximum atomic E-state index is 14.2. The van der Waals surface area contributed by atoms with Gasteiger partial charge in [-0.05, 0) is 42.8 Å². The van der Waals surface area contributed by atoms with Crippen LogP contribution in [0.4, 0.5) is 15.0 Å². The molecule has 2 heterocycles. The molecule has 1 aliphatic heterocycles. The van der Waals surface area contributed by atoms with E-state index in [-0.39, 0.29) is 17.0 Å². The first kappa shape index (κ1) is 23.8. The molecule has 0 unspecified atom stereocenters. The Morgan fingerprint density at radius 2 is 1.67 bits per heavy atom. The second-order valence-electron chi connectivity index (χ2n) is 8.66. The van der Waals surface area contributed by atoms with Gasteiger partial charge in [0.1, 0.15) is 12.4 Å². The largest absolute Gasteiger partial charge is 0.445 e. The van der Waals surface area contributed by atoms with Crippen molar-refractivity contribution in [2.45, 2.75) is 18.4 Å². The van der Waals surface area contributed by atoms with Crippen LogP contribution in [0.15, 0.2) is 77.7 Å². The molecule has 0 spiro atoms. The average molecular weight is 509 g/mol. The number of aromatic nitrogens is 2. The standard InChI is InChI=1S/C26H25FN4O4S/c1-19-7-10-22(11-8-19)36(33,34)31-24-12-9-21(27)17-23(24)25(28-31)29-13-15-30(16-14-29)26(32)35-18-20-5-3-2-4-6-20/h2-12,17H,13-16,18H2,1H3. The van der Waals surface area contributed by atoms with Gasteiger partial charge in [-0.25, -0.2) is 9.18 Å². The topological polar surface area (TPSA) is 84.7 Å². The minimum absolute atomic E-state index is 0.0966. The minimum atomic E-state index is -4.00. The van der Waals surface area contributed by atoms with Gasteiger partial charge in [0, 0.05) is 31.6 Å². The van der Waals surface area contributed by atoms with Crippen molar-refractivity contribution in [2.75, 3.05) is 31.1 Å². The van der Waals surface area contributed by atoms with Crippen LogP contribution in [0, 0.1) is 12.7 Å². The molecule has 1 fully saturated rings. The number of hydrogen-bond acceptors (Lipinski definition) is 6. The van der Waals surface area contributed by atoms with E-state index >= 15 is 0 Å². The molecular formula is C26H25FN4O4S. The number of halogens is 1. The molecule has 0 N–H and O–H groups in total. The number of carbonyl (C=O) groups excluding carboxylic acids is 1. The summed E-state index contributed by atoms with van der Waals surface area (Å²) in [6, 6.07) is 19.9. The summed E-state index contributed by atoms with van der Waals surface area (Å²) in [5.41, 5.74) is 2.12. The molecule has 3 aromatic carbocycles. The van der Waals surface area contributed by atoms with Gasteiger partial charge in [-0.15, -0.1) is 5.10 Å². The summed E-state index contributed by atoms with van der Waals surface area (Å²) < 4.78 is 47.3. The second kappa shape index (κ2) is 9.62. The lowest BCUT2D eigenvalue weighted by Gasteiger charge is -2.34. The van der Waals surface area contributed by atoms with Crippen LogP contribution in [0.25, 0.3) is 10.9 Å². The first-order valence-corrected chi connectivity index (χ1v) is 13.0. The zero-order valence-corrected chi connectivity index (χ0v) is 20.5. The Morgan fingerprint density at radius 3 is 2.36 bits per heavy atom. The van der Waals surface area contributed by atoms with Crippen LogP contribution in [0.3, 0.4) is 0 Å². The van der Waals surface area contributed by atoms with Crippen molar-refractivity contribution in [3.63, 3.8) is 0 Å². The lowest BCUT2D eigenvalue weighted by molar-refractivity contribution is 0.0941. The van der Waals surface area contributed by atoms with Crippen molar-refractivity contribution in [1.82, 2.24) is 14.1 Å². The van der Waals surface area contributed by atoms with Crippen LogP contribution < -0.4 is 4.90 Å². The maximum absolute atomic E-state index is 14.2. The Hall–Kier alpha value is -3.92. The smallest absolute Gasteiger partial charge is 0.410 e. The van der Waals surface area contributed by atoms with Crippen molar-refractivity contribution in [3.05, 3.63) is 89.7 Å². The Kier molecular flexibility index (Phi) is 6.36. The molecule has 5 rings (SSSR count). The Morgan fingerprint density at radius 1 is 0.972 bits per heavy atom. The molecule has 186 valence electrons. The molecule has 0 aliphatic carbocycles. The monoisotopic (exact) mass is 508 g/mol. The Balaban J connectivity index is 1.37. The molecule has 36 heavy (non-hydrogen) atoms. The molecule has 0 saturated carbocycles. The van der Waals surface area contributed by atoms with Crippen LogP contribution in [-0.4, -0.2) is 54.8 Å². The number of benzene rings is 3. The number of piperazine rings is 1. The number of amides is 1. The zero-order valence-electron chi connectivity index (χ0n) is 19.7. The van der Waals surface area contributed by atoms with Gasteiger partial charge in [-0.2, -0.15) is 12.5 Å². The van der Waals surface area contributed by atoms with Gasteiger partial charge < -0.3 is 14.5 Å². The highest BCUT2D eigenvalue weighted by Gasteiger charge is 2.29. The predicted molar refractivity (Wildman–Crippen MR) is 134 cm³/mol. The van der Waals surface area contributed by atoms with Gasteiger partial charge in [0.2, 0.25) is 0 Å². The summed E-state index contributed by atoms with van der Waals surface area (Å²) in [6.07, 6.45) is -0.415. The quantitative estimate of drug-likeness (QED) is 0.402. The van der Waals surface area contributed by atoms with Crippen LogP contribution in [0.5, 0.6) is 0 Å². The lowest BCUT2D eigenvalue weighted by atomic mass is 10.2. The van der Waals surface area contributed by atoms with Crippen molar-refractivity contribution in [3.8, 4) is 0 Å². The van der Waals surface area contributed by atoms with E-state index in [0.717, 1.165) is 15.2 Å². The van der Waals surface area contributed by atoms with Crippen molar-refractivity contribution in [2.24, 2.45) is 0 Å². The number of fused-ring (bicyclic) bond motifs is 1. The molecule has 4 aromatic rings. The number of carbonyl (C=O) groups is 1. The van der Waals surface area contributed by atoms with E-state index in [4.69, 9.17) is 4.74 Å². The van der Waals surface area contributed by atoms with Crippen molar-refractivity contribution < 1.29 is 22.3 Å². The van der Waals surface area contributed by atoms with Gasteiger partial charge in [-0.3, -0.25) is 0 Å². The molecule has 1 aliphatic rings. The highest BCUT2D eigenvalue weighted by molar-refractivity contribution is 7.90. The van der Waals surface area contributed by atoms with E-state index in [0.29, 0.717) is 37.4 Å². The average Bonchev–Trinajstić information content (AvgIpc) is 3.28. The Labute approximate surface area is 208 Å². The molecule has 0 atom stereocenters. The number of hydrogen-bond donors (Lipinski definition) is 0. The van der Waals surface area contributed by atoms with Crippen molar-refractivity contribution >= 4 is 32.8 Å². The highest BCUT2D eigenvalue weighted by Crippen LogP contribution is 2.30. The minimum Gasteiger partial charge on any atom is -0.445 e. The van der Waals surface area contributed by atoms with E-state index in [1.165, 1.54) is 30.3 Å². The maximum Gasteiger partial charge on any atom is 0.410 e. The van der Waals surface area contributed by atoms with Crippen molar-refractivity contribution in [1.29, 1.82) is 0 Å². The fourth-order valence-corrected chi connectivity index (χ4v) is 5.47. The van der Waals surface area contributed by atoms with Gasteiger partial charge in [0.25, 0.3) is 10.0 Å². The van der Waals surface area contributed by atoms with E-state index in [1.54, 1.807) is 17.0 Å². The van der Waals surface area contributed by atoms with Gasteiger partial charge >= 0.3 is 6.09 Å². The molecular weight excluding hydrogens is 483 g/mol. The first-order valence-electron chi connectivity index (χ1n) is 11.5. The fraction of sp³-hybridized carbons (Fsp3) is 0.231. The third-order valence-corrected chi connectivity index (χ3v) is 7.78. The number of nitrogens with zero attached hydrogens (tertiary/aromatic N) is 4. The van der Waals surface area contributed by atoms with Crippen LogP contribution in [0.1, 0.15) is 11.1 Å². The lowest BCUT2D eigenvalue weighted by Crippen LogP contribution is -2.49. The molecule has 8 nitrogen and oxygen atoms in total. The molecule has 10 heteroatoms. The normalized spacial score (nSPS) is 14.3. The summed E-state index contributed by atoms with van der Waals surface area (Å²) in [7, 11) is -4.00. The van der Waals surface area contributed by atoms with Crippen LogP contribution >= 0.6 is 0 Å². The molecule has 1 saturated heterocycles. The molecule has 1 amide bonds. The number of rotatable bonds is 5. The first-order chi connectivity index (χ1) is 17.3. The van der Waals surface area contributed by atoms with Gasteiger partial charge in [0.15, 0.2) is 5.82 Å². The highest BCUT2D eigenvalue weighted by atomic mass is 32.2. The summed E-state index contributed by atoms with van der Waals surface area (Å²) in [4.78, 5) is 16.1. The third-order valence-electron chi connectivity index (χ3n) is 6.18. The second-order valence-corrected chi connectivity index (χ2v) is 10.4. The van der Waals surface area contributed by atoms with E-state index in [1.807, 2.05) is 42.2 Å². The van der Waals surface area contributed by atoms with Gasteiger partial charge in [0.05, 0.1) is 10.4 Å². The van der Waals surface area contributed by atoms with Crippen LogP contribution in [-0.2, 0) is 21.4 Å². The van der Waals surface area contributed by atoms with E-state index < -0.39 is 21.9 Å². The summed E-state index contributed by atoms with van der Waals surface area (Å²) in [5, 5.41) is 4.82.